The van der Waals surface area contributed by atoms with Crippen molar-refractivity contribution in [2.24, 2.45) is 0 Å². The van der Waals surface area contributed by atoms with Gasteiger partial charge in [0.05, 0.1) is 22.9 Å². The van der Waals surface area contributed by atoms with Crippen molar-refractivity contribution in [2.75, 3.05) is 26.2 Å². The summed E-state index contributed by atoms with van der Waals surface area (Å²) in [6, 6.07) is 0. The molecule has 0 unspecified atom stereocenters. The van der Waals surface area contributed by atoms with E-state index in [2.05, 4.69) is 22.2 Å². The van der Waals surface area contributed by atoms with Gasteiger partial charge < -0.3 is 9.64 Å². The minimum Gasteiger partial charge on any atom is -0.375 e. The summed E-state index contributed by atoms with van der Waals surface area (Å²) in [5.41, 5.74) is 1.54. The van der Waals surface area contributed by atoms with E-state index in [0.717, 1.165) is 19.6 Å². The van der Waals surface area contributed by atoms with Gasteiger partial charge in [-0.2, -0.15) is 0 Å². The van der Waals surface area contributed by atoms with Crippen LogP contribution in [0.25, 0.3) is 0 Å². The first-order valence-electron chi connectivity index (χ1n) is 6.53. The first-order valence-corrected chi connectivity index (χ1v) is 7.41. The molecule has 4 heteroatoms. The standard InChI is InChI=1S/C13H20N2OS/c1-11-14-12(10-17-11)2-6-15-7-3-13(4-8-15)5-9-16-13/h10H,2-9H2,1H3. The van der Waals surface area contributed by atoms with Crippen molar-refractivity contribution in [2.45, 2.75) is 38.2 Å². The van der Waals surface area contributed by atoms with Crippen LogP contribution in [0.15, 0.2) is 5.38 Å². The molecule has 0 aliphatic carbocycles. The number of likely N-dealkylation sites (tertiary alicyclic amines) is 1. The molecule has 0 amide bonds. The van der Waals surface area contributed by atoms with E-state index >= 15 is 0 Å². The van der Waals surface area contributed by atoms with Gasteiger partial charge in [-0.05, 0) is 26.2 Å². The number of hydrogen-bond acceptors (Lipinski definition) is 4. The van der Waals surface area contributed by atoms with E-state index in [1.54, 1.807) is 11.3 Å². The Balaban J connectivity index is 1.44. The lowest BCUT2D eigenvalue weighted by Gasteiger charge is -2.47. The Morgan fingerprint density at radius 2 is 2.18 bits per heavy atom. The highest BCUT2D eigenvalue weighted by Gasteiger charge is 2.40. The maximum atomic E-state index is 5.74. The largest absolute Gasteiger partial charge is 0.375 e. The molecule has 1 spiro atoms. The highest BCUT2D eigenvalue weighted by atomic mass is 32.1. The Kier molecular flexibility index (Phi) is 3.19. The first-order chi connectivity index (χ1) is 8.26. The SMILES string of the molecule is Cc1nc(CCN2CCC3(CCO3)CC2)cs1. The number of hydrogen-bond donors (Lipinski definition) is 0. The molecule has 3 rings (SSSR count). The van der Waals surface area contributed by atoms with Crippen molar-refractivity contribution in [1.29, 1.82) is 0 Å². The van der Waals surface area contributed by atoms with Crippen LogP contribution in [0.2, 0.25) is 0 Å². The molecule has 3 heterocycles. The third-order valence-electron chi connectivity index (χ3n) is 4.08. The van der Waals surface area contributed by atoms with Crippen LogP contribution in [0.4, 0.5) is 0 Å². The average molecular weight is 252 g/mol. The summed E-state index contributed by atoms with van der Waals surface area (Å²) in [4.78, 5) is 7.08. The van der Waals surface area contributed by atoms with Crippen molar-refractivity contribution in [1.82, 2.24) is 9.88 Å². The van der Waals surface area contributed by atoms with Crippen LogP contribution in [-0.4, -0.2) is 41.7 Å². The molecule has 0 saturated carbocycles. The quantitative estimate of drug-likeness (QED) is 0.825. The first kappa shape index (κ1) is 11.6. The van der Waals surface area contributed by atoms with Crippen molar-refractivity contribution >= 4 is 11.3 Å². The van der Waals surface area contributed by atoms with Crippen LogP contribution < -0.4 is 0 Å². The predicted octanol–water partition coefficient (Wildman–Crippen LogP) is 2.25. The molecule has 2 fully saturated rings. The summed E-state index contributed by atoms with van der Waals surface area (Å²) in [5.74, 6) is 0. The minimum absolute atomic E-state index is 0.285. The molecule has 0 bridgehead atoms. The fourth-order valence-corrected chi connectivity index (χ4v) is 3.41. The Hall–Kier alpha value is -0.450. The Labute approximate surface area is 107 Å². The second kappa shape index (κ2) is 4.67. The van der Waals surface area contributed by atoms with E-state index in [1.807, 2.05) is 0 Å². The Bertz CT molecular complexity index is 377. The zero-order valence-electron chi connectivity index (χ0n) is 10.4. The molecule has 2 aliphatic heterocycles. The zero-order valence-corrected chi connectivity index (χ0v) is 11.3. The van der Waals surface area contributed by atoms with Crippen molar-refractivity contribution in [3.63, 3.8) is 0 Å². The molecule has 0 radical (unpaired) electrons. The van der Waals surface area contributed by atoms with Gasteiger partial charge in [0.15, 0.2) is 0 Å². The molecule has 17 heavy (non-hydrogen) atoms. The molecule has 0 atom stereocenters. The smallest absolute Gasteiger partial charge is 0.0897 e. The summed E-state index contributed by atoms with van der Waals surface area (Å²) in [6.45, 7) is 6.61. The number of aryl methyl sites for hydroxylation is 1. The fourth-order valence-electron chi connectivity index (χ4n) is 2.76. The molecule has 1 aromatic rings. The number of rotatable bonds is 3. The van der Waals surface area contributed by atoms with Crippen molar-refractivity contribution < 1.29 is 4.74 Å². The van der Waals surface area contributed by atoms with Gasteiger partial charge in [0.2, 0.25) is 0 Å². The number of ether oxygens (including phenoxy) is 1. The van der Waals surface area contributed by atoms with Gasteiger partial charge in [-0.1, -0.05) is 0 Å². The summed E-state index contributed by atoms with van der Waals surface area (Å²) in [5, 5.41) is 3.37. The molecular weight excluding hydrogens is 232 g/mol. The monoisotopic (exact) mass is 252 g/mol. The van der Waals surface area contributed by atoms with E-state index < -0.39 is 0 Å². The van der Waals surface area contributed by atoms with Crippen LogP contribution in [0.3, 0.4) is 0 Å². The van der Waals surface area contributed by atoms with Gasteiger partial charge in [0.1, 0.15) is 0 Å². The summed E-state index contributed by atoms with van der Waals surface area (Å²) in [7, 11) is 0. The summed E-state index contributed by atoms with van der Waals surface area (Å²) in [6.07, 6.45) is 4.83. The third kappa shape index (κ3) is 2.54. The van der Waals surface area contributed by atoms with Gasteiger partial charge in [0.25, 0.3) is 0 Å². The fraction of sp³-hybridized carbons (Fsp3) is 0.769. The lowest BCUT2D eigenvalue weighted by molar-refractivity contribution is -0.172. The van der Waals surface area contributed by atoms with E-state index in [0.29, 0.717) is 0 Å². The van der Waals surface area contributed by atoms with Crippen molar-refractivity contribution in [3.8, 4) is 0 Å². The van der Waals surface area contributed by atoms with Crippen molar-refractivity contribution in [3.05, 3.63) is 16.1 Å². The van der Waals surface area contributed by atoms with Gasteiger partial charge in [-0.15, -0.1) is 11.3 Å². The highest BCUT2D eigenvalue weighted by molar-refractivity contribution is 7.09. The van der Waals surface area contributed by atoms with E-state index in [4.69, 9.17) is 4.74 Å². The second-order valence-corrected chi connectivity index (χ2v) is 6.29. The summed E-state index contributed by atoms with van der Waals surface area (Å²) < 4.78 is 5.74. The van der Waals surface area contributed by atoms with Gasteiger partial charge >= 0.3 is 0 Å². The number of thiazole rings is 1. The highest BCUT2D eigenvalue weighted by Crippen LogP contribution is 2.36. The molecule has 2 aliphatic rings. The topological polar surface area (TPSA) is 25.4 Å². The lowest BCUT2D eigenvalue weighted by atomic mass is 9.84. The van der Waals surface area contributed by atoms with Gasteiger partial charge in [0, 0.05) is 31.4 Å². The average Bonchev–Trinajstić information content (AvgIpc) is 2.71. The molecule has 94 valence electrons. The maximum absolute atomic E-state index is 5.74. The molecule has 1 aromatic heterocycles. The van der Waals surface area contributed by atoms with E-state index in [-0.39, 0.29) is 5.60 Å². The number of piperidine rings is 1. The number of aromatic nitrogens is 1. The van der Waals surface area contributed by atoms with Gasteiger partial charge in [-0.3, -0.25) is 0 Å². The molecule has 0 aromatic carbocycles. The van der Waals surface area contributed by atoms with Crippen LogP contribution in [0.5, 0.6) is 0 Å². The third-order valence-corrected chi connectivity index (χ3v) is 4.91. The van der Waals surface area contributed by atoms with Crippen LogP contribution >= 0.6 is 11.3 Å². The normalized spacial score (nSPS) is 23.8. The van der Waals surface area contributed by atoms with Crippen LogP contribution in [0.1, 0.15) is 30.0 Å². The lowest BCUT2D eigenvalue weighted by Crippen LogP contribution is -2.52. The maximum Gasteiger partial charge on any atom is 0.0897 e. The summed E-state index contributed by atoms with van der Waals surface area (Å²) >= 11 is 1.75. The Morgan fingerprint density at radius 1 is 1.41 bits per heavy atom. The Morgan fingerprint density at radius 3 is 2.71 bits per heavy atom. The molecule has 2 saturated heterocycles. The van der Waals surface area contributed by atoms with Crippen LogP contribution in [0, 0.1) is 6.92 Å². The molecule has 3 nitrogen and oxygen atoms in total. The van der Waals surface area contributed by atoms with Gasteiger partial charge in [-0.25, -0.2) is 4.98 Å². The molecule has 0 N–H and O–H groups in total. The van der Waals surface area contributed by atoms with Crippen LogP contribution in [-0.2, 0) is 11.2 Å². The second-order valence-electron chi connectivity index (χ2n) is 5.23. The predicted molar refractivity (Wildman–Crippen MR) is 69.5 cm³/mol. The van der Waals surface area contributed by atoms with E-state index in [9.17, 15) is 0 Å². The number of nitrogens with zero attached hydrogens (tertiary/aromatic N) is 2. The molecular formula is C13H20N2OS. The minimum atomic E-state index is 0.285. The zero-order chi connectivity index (χ0) is 11.7. The van der Waals surface area contributed by atoms with E-state index in [1.165, 1.54) is 43.1 Å².